The number of carbonyl (C=O) groups is 1. The van der Waals surface area contributed by atoms with Crippen LogP contribution in [-0.4, -0.2) is 33.4 Å². The first-order valence-electron chi connectivity index (χ1n) is 7.81. The maximum absolute atomic E-state index is 11.6. The van der Waals surface area contributed by atoms with Crippen molar-refractivity contribution >= 4 is 29.2 Å². The Kier molecular flexibility index (Phi) is 4.59. The molecule has 126 valence electrons. The van der Waals surface area contributed by atoms with Crippen molar-refractivity contribution in [1.29, 1.82) is 0 Å². The Balaban J connectivity index is 0.00000169. The highest BCUT2D eigenvalue weighted by molar-refractivity contribution is 5.85. The Morgan fingerprint density at radius 1 is 1.29 bits per heavy atom. The molecule has 0 bridgehead atoms. The van der Waals surface area contributed by atoms with Gasteiger partial charge >= 0.3 is 0 Å². The molecule has 4 rings (SSSR count). The number of fused-ring (bicyclic) bond motifs is 1. The molecule has 1 saturated carbocycles. The van der Waals surface area contributed by atoms with Crippen LogP contribution >= 0.6 is 12.4 Å². The highest BCUT2D eigenvalue weighted by Gasteiger charge is 2.55. The van der Waals surface area contributed by atoms with Crippen molar-refractivity contribution in [3.63, 3.8) is 0 Å². The van der Waals surface area contributed by atoms with E-state index in [4.69, 9.17) is 5.73 Å². The summed E-state index contributed by atoms with van der Waals surface area (Å²) in [4.78, 5) is 22.0. The predicted molar refractivity (Wildman–Crippen MR) is 95.1 cm³/mol. The quantitative estimate of drug-likeness (QED) is 0.547. The second-order valence-corrected chi connectivity index (χ2v) is 6.05. The molecule has 1 aliphatic carbocycles. The molecule has 3 atom stereocenters. The third-order valence-electron chi connectivity index (χ3n) is 4.68. The maximum Gasteiger partial charge on any atom is 0.222 e. The lowest BCUT2D eigenvalue weighted by molar-refractivity contribution is -0.119. The van der Waals surface area contributed by atoms with Gasteiger partial charge in [0.15, 0.2) is 0 Å². The Labute approximate surface area is 145 Å². The Hall–Kier alpha value is -2.31. The van der Waals surface area contributed by atoms with E-state index in [2.05, 4.69) is 38.6 Å². The van der Waals surface area contributed by atoms with Crippen LogP contribution in [0.25, 0.3) is 10.9 Å². The number of primary amides is 1. The van der Waals surface area contributed by atoms with E-state index in [-0.39, 0.29) is 36.2 Å². The summed E-state index contributed by atoms with van der Waals surface area (Å²) in [5.41, 5.74) is 8.91. The maximum atomic E-state index is 11.6. The topological polar surface area (TPSA) is 99.6 Å². The van der Waals surface area contributed by atoms with E-state index in [0.717, 1.165) is 24.2 Å². The summed E-state index contributed by atoms with van der Waals surface area (Å²) in [6.45, 7) is 0.806. The highest BCUT2D eigenvalue weighted by atomic mass is 35.5. The average molecular weight is 346 g/mol. The van der Waals surface area contributed by atoms with Crippen LogP contribution in [-0.2, 0) is 11.2 Å². The molecule has 1 fully saturated rings. The number of amides is 1. The fourth-order valence-corrected chi connectivity index (χ4v) is 3.47. The minimum Gasteiger partial charge on any atom is -0.369 e. The van der Waals surface area contributed by atoms with E-state index >= 15 is 0 Å². The number of hydrogen-bond donors (Lipinski definition) is 4. The van der Waals surface area contributed by atoms with Crippen molar-refractivity contribution in [2.45, 2.75) is 18.4 Å². The Bertz CT molecular complexity index is 829. The normalized spacial score (nSPS) is 22.2. The molecule has 0 saturated heterocycles. The van der Waals surface area contributed by atoms with Crippen molar-refractivity contribution in [2.24, 2.45) is 11.7 Å². The molecule has 1 aromatic carbocycles. The molecule has 2 heterocycles. The van der Waals surface area contributed by atoms with Crippen LogP contribution < -0.4 is 11.1 Å². The fraction of sp³-hybridized carbons (Fsp3) is 0.294. The van der Waals surface area contributed by atoms with Gasteiger partial charge < -0.3 is 21.0 Å². The monoisotopic (exact) mass is 345 g/mol. The average Bonchev–Trinajstić information content (AvgIpc) is 2.91. The van der Waals surface area contributed by atoms with Crippen LogP contribution in [0, 0.1) is 5.92 Å². The van der Waals surface area contributed by atoms with Crippen molar-refractivity contribution in [2.75, 3.05) is 6.54 Å². The van der Waals surface area contributed by atoms with Crippen LogP contribution in [0.1, 0.15) is 17.2 Å². The Morgan fingerprint density at radius 3 is 2.88 bits per heavy atom. The van der Waals surface area contributed by atoms with Gasteiger partial charge in [-0.15, -0.1) is 12.4 Å². The Morgan fingerprint density at radius 2 is 2.12 bits per heavy atom. The zero-order valence-electron chi connectivity index (χ0n) is 13.0. The first-order valence-corrected chi connectivity index (χ1v) is 7.81. The van der Waals surface area contributed by atoms with Gasteiger partial charge in [0.05, 0.1) is 12.2 Å². The minimum atomic E-state index is -0.255. The van der Waals surface area contributed by atoms with E-state index < -0.39 is 0 Å². The van der Waals surface area contributed by atoms with Gasteiger partial charge in [-0.1, -0.05) is 18.2 Å². The number of nitrogens with two attached hydrogens (primary N) is 1. The number of nitrogens with one attached hydrogen (secondary N) is 3. The number of H-pyrrole nitrogens is 2. The van der Waals surface area contributed by atoms with Gasteiger partial charge in [0.2, 0.25) is 5.91 Å². The molecule has 6 nitrogen and oxygen atoms in total. The molecule has 24 heavy (non-hydrogen) atoms. The summed E-state index contributed by atoms with van der Waals surface area (Å²) < 4.78 is 0. The number of rotatable bonds is 6. The van der Waals surface area contributed by atoms with Gasteiger partial charge in [0.1, 0.15) is 0 Å². The molecule has 2 aromatic heterocycles. The van der Waals surface area contributed by atoms with Crippen LogP contribution in [0.15, 0.2) is 43.0 Å². The van der Waals surface area contributed by atoms with Crippen molar-refractivity contribution in [3.8, 4) is 0 Å². The molecule has 7 heteroatoms. The molecular formula is C17H20ClN5O. The number of benzene rings is 1. The fourth-order valence-electron chi connectivity index (χ4n) is 3.47. The molecule has 0 aliphatic heterocycles. The van der Waals surface area contributed by atoms with Crippen LogP contribution in [0.4, 0.5) is 0 Å². The number of aromatic amines is 2. The lowest BCUT2D eigenvalue weighted by Crippen LogP contribution is -2.25. The zero-order chi connectivity index (χ0) is 15.8. The van der Waals surface area contributed by atoms with Gasteiger partial charge in [-0.2, -0.15) is 0 Å². The third kappa shape index (κ3) is 2.90. The van der Waals surface area contributed by atoms with E-state index in [0.29, 0.717) is 0 Å². The zero-order valence-corrected chi connectivity index (χ0v) is 13.8. The number of carbonyl (C=O) groups excluding carboxylic acids is 1. The first kappa shape index (κ1) is 16.5. The summed E-state index contributed by atoms with van der Waals surface area (Å²) in [5, 5.41) is 4.72. The number of para-hydroxylation sites is 1. The molecule has 3 aromatic rings. The number of imidazole rings is 1. The molecule has 1 aliphatic rings. The lowest BCUT2D eigenvalue weighted by atomic mass is 10.1. The number of nitrogens with zero attached hydrogens (tertiary/aromatic N) is 1. The predicted octanol–water partition coefficient (Wildman–Crippen LogP) is 1.71. The molecule has 0 radical (unpaired) electrons. The van der Waals surface area contributed by atoms with Gasteiger partial charge in [0.25, 0.3) is 0 Å². The SMILES string of the molecule is Cl.NC(=O)[C@@H]1C(NCCc2c[nH]c3ccccc23)[C@H]1c1cnc[nH]1. The van der Waals surface area contributed by atoms with Gasteiger partial charge in [0, 0.05) is 41.0 Å². The number of halogens is 1. The van der Waals surface area contributed by atoms with Crippen molar-refractivity contribution in [3.05, 3.63) is 54.2 Å². The van der Waals surface area contributed by atoms with Crippen molar-refractivity contribution in [1.82, 2.24) is 20.3 Å². The molecule has 1 unspecified atom stereocenters. The minimum absolute atomic E-state index is 0. The first-order chi connectivity index (χ1) is 11.3. The summed E-state index contributed by atoms with van der Waals surface area (Å²) in [6.07, 6.45) is 6.36. The summed E-state index contributed by atoms with van der Waals surface area (Å²) in [5.74, 6) is -0.300. The largest absolute Gasteiger partial charge is 0.369 e. The van der Waals surface area contributed by atoms with E-state index in [1.54, 1.807) is 12.5 Å². The van der Waals surface area contributed by atoms with Gasteiger partial charge in [-0.3, -0.25) is 4.79 Å². The van der Waals surface area contributed by atoms with Crippen LogP contribution in [0.3, 0.4) is 0 Å². The summed E-state index contributed by atoms with van der Waals surface area (Å²) in [7, 11) is 0. The molecule has 0 spiro atoms. The van der Waals surface area contributed by atoms with Crippen molar-refractivity contribution < 1.29 is 4.79 Å². The van der Waals surface area contributed by atoms with E-state index in [1.165, 1.54) is 10.9 Å². The number of aromatic nitrogens is 3. The van der Waals surface area contributed by atoms with Gasteiger partial charge in [-0.25, -0.2) is 4.98 Å². The highest BCUT2D eigenvalue weighted by Crippen LogP contribution is 2.46. The summed E-state index contributed by atoms with van der Waals surface area (Å²) >= 11 is 0. The second kappa shape index (κ2) is 6.67. The smallest absolute Gasteiger partial charge is 0.222 e. The summed E-state index contributed by atoms with van der Waals surface area (Å²) in [6, 6.07) is 8.36. The molecule has 5 N–H and O–H groups in total. The molecule has 1 amide bonds. The molecular weight excluding hydrogens is 326 g/mol. The van der Waals surface area contributed by atoms with Gasteiger partial charge in [-0.05, 0) is 24.6 Å². The standard InChI is InChI=1S/C17H19N5O.ClH/c18-17(23)15-14(13-8-19-9-22-13)16(15)20-6-5-10-7-21-12-4-2-1-3-11(10)12;/h1-4,7-9,14-16,20-21H,5-6H2,(H2,18,23)(H,19,22);1H/t14-,15-,16?;/m0./s1. The van der Waals surface area contributed by atoms with E-state index in [9.17, 15) is 4.79 Å². The third-order valence-corrected chi connectivity index (χ3v) is 4.68. The van der Waals surface area contributed by atoms with Crippen LogP contribution in [0.2, 0.25) is 0 Å². The van der Waals surface area contributed by atoms with E-state index in [1.807, 2.05) is 12.1 Å². The number of hydrogen-bond acceptors (Lipinski definition) is 3. The lowest BCUT2D eigenvalue weighted by Gasteiger charge is -2.03. The van der Waals surface area contributed by atoms with Crippen LogP contribution in [0.5, 0.6) is 0 Å². The second-order valence-electron chi connectivity index (χ2n) is 6.05.